The van der Waals surface area contributed by atoms with Gasteiger partial charge in [0, 0.05) is 18.9 Å². The van der Waals surface area contributed by atoms with Gasteiger partial charge in [-0.2, -0.15) is 0 Å². The number of nitrogens with one attached hydrogen (secondary N) is 1. The first kappa shape index (κ1) is 14.9. The van der Waals surface area contributed by atoms with E-state index in [-0.39, 0.29) is 30.2 Å². The molecule has 3 heterocycles. The van der Waals surface area contributed by atoms with E-state index in [0.29, 0.717) is 11.7 Å². The van der Waals surface area contributed by atoms with Crippen LogP contribution in [0.3, 0.4) is 0 Å². The number of carbonyl (C=O) groups is 2. The highest BCUT2D eigenvalue weighted by atomic mass is 32.1. The van der Waals surface area contributed by atoms with Crippen molar-refractivity contribution >= 4 is 38.7 Å². The fourth-order valence-electron chi connectivity index (χ4n) is 4.12. The van der Waals surface area contributed by atoms with E-state index >= 15 is 0 Å². The summed E-state index contributed by atoms with van der Waals surface area (Å²) in [5.74, 6) is 0.581. The Labute approximate surface area is 147 Å². The third-order valence-corrected chi connectivity index (χ3v) is 6.17. The molecule has 1 N–H and O–H groups in total. The third kappa shape index (κ3) is 2.20. The quantitative estimate of drug-likeness (QED) is 0.832. The normalized spacial score (nSPS) is 27.2. The van der Waals surface area contributed by atoms with Crippen molar-refractivity contribution in [1.82, 2.24) is 10.3 Å². The molecule has 2 fully saturated rings. The number of esters is 1. The minimum Gasteiger partial charge on any atom is -0.493 e. The van der Waals surface area contributed by atoms with Gasteiger partial charge in [-0.25, -0.2) is 9.78 Å². The van der Waals surface area contributed by atoms with E-state index in [9.17, 15) is 9.59 Å². The minimum atomic E-state index is -0.311. The molecule has 25 heavy (non-hydrogen) atoms. The first-order valence-electron chi connectivity index (χ1n) is 8.44. The Morgan fingerprint density at radius 2 is 2.32 bits per heavy atom. The molecule has 0 radical (unpaired) electrons. The van der Waals surface area contributed by atoms with E-state index in [1.807, 2.05) is 12.1 Å². The van der Waals surface area contributed by atoms with Crippen LogP contribution < -0.4 is 15.0 Å². The molecule has 3 aliphatic rings. The van der Waals surface area contributed by atoms with Crippen molar-refractivity contribution in [3.05, 3.63) is 17.7 Å². The summed E-state index contributed by atoms with van der Waals surface area (Å²) >= 11 is 1.52. The second kappa shape index (κ2) is 5.32. The fraction of sp³-hybridized carbons (Fsp3) is 0.471. The van der Waals surface area contributed by atoms with Crippen LogP contribution in [0.2, 0.25) is 0 Å². The molecule has 1 aromatic heterocycles. The highest BCUT2D eigenvalue weighted by Gasteiger charge is 2.50. The number of rotatable bonds is 2. The largest absolute Gasteiger partial charge is 0.493 e. The summed E-state index contributed by atoms with van der Waals surface area (Å²) < 4.78 is 12.0. The molecule has 1 saturated carbocycles. The Bertz CT molecular complexity index is 895. The Hall–Kier alpha value is -2.35. The molecular formula is C17H17N3O4S. The first-order chi connectivity index (χ1) is 12.1. The number of ether oxygens (including phenoxy) is 2. The lowest BCUT2D eigenvalue weighted by Crippen LogP contribution is -2.39. The van der Waals surface area contributed by atoms with Crippen LogP contribution in [0, 0.1) is 0 Å². The number of aromatic nitrogens is 1. The topological polar surface area (TPSA) is 80.8 Å². The zero-order valence-corrected chi connectivity index (χ0v) is 14.5. The van der Waals surface area contributed by atoms with Gasteiger partial charge in [0.1, 0.15) is 11.9 Å². The number of fused-ring (bicyclic) bond motifs is 4. The average molecular weight is 359 g/mol. The summed E-state index contributed by atoms with van der Waals surface area (Å²) in [4.78, 5) is 30.3. The van der Waals surface area contributed by atoms with Crippen LogP contribution in [0.4, 0.5) is 9.93 Å². The van der Waals surface area contributed by atoms with Crippen molar-refractivity contribution in [2.24, 2.45) is 0 Å². The van der Waals surface area contributed by atoms with Gasteiger partial charge in [-0.15, -0.1) is 0 Å². The zero-order chi connectivity index (χ0) is 17.1. The summed E-state index contributed by atoms with van der Waals surface area (Å²) in [6.45, 7) is 2.08. The molecule has 8 heteroatoms. The number of carbonyl (C=O) groups excluding carboxylic acids is 2. The maximum Gasteiger partial charge on any atom is 0.324 e. The Morgan fingerprint density at radius 3 is 3.16 bits per heavy atom. The average Bonchev–Trinajstić information content (AvgIpc) is 3.29. The van der Waals surface area contributed by atoms with Crippen LogP contribution in [0.15, 0.2) is 12.1 Å². The molecule has 2 amide bonds. The molecule has 0 unspecified atom stereocenters. The Kier molecular flexibility index (Phi) is 3.18. The molecular weight excluding hydrogens is 342 g/mol. The van der Waals surface area contributed by atoms with Gasteiger partial charge < -0.3 is 14.8 Å². The lowest BCUT2D eigenvalue weighted by atomic mass is 10.1. The molecule has 130 valence electrons. The molecule has 1 saturated heterocycles. The van der Waals surface area contributed by atoms with Gasteiger partial charge in [-0.3, -0.25) is 9.69 Å². The van der Waals surface area contributed by atoms with Crippen molar-refractivity contribution in [2.75, 3.05) is 11.5 Å². The number of amides is 2. The molecule has 5 rings (SSSR count). The van der Waals surface area contributed by atoms with E-state index in [2.05, 4.69) is 5.32 Å². The van der Waals surface area contributed by atoms with Crippen LogP contribution >= 0.6 is 11.3 Å². The lowest BCUT2D eigenvalue weighted by Gasteiger charge is -2.19. The van der Waals surface area contributed by atoms with E-state index < -0.39 is 0 Å². The Morgan fingerprint density at radius 1 is 1.44 bits per heavy atom. The Balaban J connectivity index is 1.50. The van der Waals surface area contributed by atoms with E-state index in [1.54, 1.807) is 4.90 Å². The maximum absolute atomic E-state index is 12.5. The van der Waals surface area contributed by atoms with Crippen LogP contribution in [-0.4, -0.2) is 41.8 Å². The maximum atomic E-state index is 12.5. The molecule has 2 aliphatic heterocycles. The molecule has 1 aromatic carbocycles. The van der Waals surface area contributed by atoms with Gasteiger partial charge in [0.05, 0.1) is 28.9 Å². The number of nitrogens with zero attached hydrogens (tertiary/aromatic N) is 2. The monoisotopic (exact) mass is 359 g/mol. The number of benzene rings is 1. The summed E-state index contributed by atoms with van der Waals surface area (Å²) in [5.41, 5.74) is 2.06. The number of hydrogen-bond acceptors (Lipinski definition) is 6. The summed E-state index contributed by atoms with van der Waals surface area (Å²) in [6.07, 6.45) is 2.13. The van der Waals surface area contributed by atoms with Crippen molar-refractivity contribution in [3.8, 4) is 5.75 Å². The summed E-state index contributed by atoms with van der Waals surface area (Å²) in [7, 11) is 0. The van der Waals surface area contributed by atoms with E-state index in [1.165, 1.54) is 18.3 Å². The number of urea groups is 1. The summed E-state index contributed by atoms with van der Waals surface area (Å²) in [6, 6.07) is 3.62. The van der Waals surface area contributed by atoms with Gasteiger partial charge in [0.2, 0.25) is 0 Å². The fourth-order valence-corrected chi connectivity index (χ4v) is 5.17. The van der Waals surface area contributed by atoms with Crippen molar-refractivity contribution in [1.29, 1.82) is 0 Å². The smallest absolute Gasteiger partial charge is 0.324 e. The second-order valence-corrected chi connectivity index (χ2v) is 7.63. The van der Waals surface area contributed by atoms with Crippen LogP contribution in [0.5, 0.6) is 5.75 Å². The van der Waals surface area contributed by atoms with Crippen molar-refractivity contribution in [2.45, 2.75) is 44.4 Å². The van der Waals surface area contributed by atoms with Crippen LogP contribution in [-0.2, 0) is 16.0 Å². The predicted molar refractivity (Wildman–Crippen MR) is 92.2 cm³/mol. The lowest BCUT2D eigenvalue weighted by molar-refractivity contribution is -0.146. The first-order valence-corrected chi connectivity index (χ1v) is 9.25. The van der Waals surface area contributed by atoms with E-state index in [0.717, 1.165) is 40.8 Å². The van der Waals surface area contributed by atoms with Gasteiger partial charge in [0.15, 0.2) is 5.13 Å². The minimum absolute atomic E-state index is 0.0262. The molecule has 2 aromatic rings. The predicted octanol–water partition coefficient (Wildman–Crippen LogP) is 2.22. The molecule has 7 nitrogen and oxygen atoms in total. The second-order valence-electron chi connectivity index (χ2n) is 6.62. The molecule has 1 aliphatic carbocycles. The van der Waals surface area contributed by atoms with Crippen LogP contribution in [0.1, 0.15) is 25.3 Å². The van der Waals surface area contributed by atoms with Gasteiger partial charge >= 0.3 is 12.0 Å². The van der Waals surface area contributed by atoms with Gasteiger partial charge in [-0.05, 0) is 25.0 Å². The SMILES string of the molecule is CC(=O)O[C@@H]1CC[C@@H]2[C@H]1NC(=O)N2c1nc2c3c(ccc2s1)OCC3. The highest BCUT2D eigenvalue weighted by Crippen LogP contribution is 2.41. The van der Waals surface area contributed by atoms with Crippen molar-refractivity contribution in [3.63, 3.8) is 0 Å². The molecule has 0 spiro atoms. The standard InChI is InChI=1S/C17H17N3O4S/c1-8(21)24-12-3-2-10-15(12)18-16(22)20(10)17-19-14-9-6-7-23-11(9)4-5-13(14)25-17/h4-5,10,12,15H,2-3,6-7H2,1H3,(H,18,22)/t10-,12-,15-/m1/s1. The zero-order valence-electron chi connectivity index (χ0n) is 13.7. The van der Waals surface area contributed by atoms with E-state index in [4.69, 9.17) is 14.5 Å². The number of hydrogen-bond donors (Lipinski definition) is 1. The number of thiazole rings is 1. The van der Waals surface area contributed by atoms with Crippen molar-refractivity contribution < 1.29 is 19.1 Å². The molecule has 3 atom stereocenters. The number of anilines is 1. The van der Waals surface area contributed by atoms with Gasteiger partial charge in [-0.1, -0.05) is 11.3 Å². The molecule has 0 bridgehead atoms. The van der Waals surface area contributed by atoms with Crippen LogP contribution in [0.25, 0.3) is 10.2 Å². The van der Waals surface area contributed by atoms with Gasteiger partial charge in [0.25, 0.3) is 0 Å². The highest BCUT2D eigenvalue weighted by molar-refractivity contribution is 7.22. The summed E-state index contributed by atoms with van der Waals surface area (Å²) in [5, 5.41) is 3.67. The third-order valence-electron chi connectivity index (χ3n) is 5.15.